The second-order valence-electron chi connectivity index (χ2n) is 3.98. The van der Waals surface area contributed by atoms with Crippen molar-refractivity contribution >= 4 is 28.2 Å². The first-order valence-electron chi connectivity index (χ1n) is 5.48. The Morgan fingerprint density at radius 3 is 2.80 bits per heavy atom. The van der Waals surface area contributed by atoms with Gasteiger partial charge in [0.1, 0.15) is 5.69 Å². The third-order valence-corrected chi connectivity index (χ3v) is 3.44. The van der Waals surface area contributed by atoms with Crippen LogP contribution in [0, 0.1) is 0 Å². The topological polar surface area (TPSA) is 102 Å². The molecule has 0 saturated heterocycles. The molecule has 20 heavy (non-hydrogen) atoms. The quantitative estimate of drug-likeness (QED) is 0.830. The van der Waals surface area contributed by atoms with Gasteiger partial charge in [0.25, 0.3) is 0 Å². The predicted octanol–water partition coefficient (Wildman–Crippen LogP) is 2.08. The fraction of sp³-hybridized carbons (Fsp3) is 0.0833. The number of aromatic carboxylic acids is 1. The molecule has 0 amide bonds. The molecule has 0 fully saturated rings. The SMILES string of the molecule is O=Cc1cc(Br)c(-c2cc(C(=O)O)[nH]n2)c2c1OCO2. The molecule has 0 bridgehead atoms. The highest BCUT2D eigenvalue weighted by Gasteiger charge is 2.27. The molecule has 1 aromatic carbocycles. The van der Waals surface area contributed by atoms with Crippen LogP contribution >= 0.6 is 15.9 Å². The number of hydrogen-bond donors (Lipinski definition) is 2. The third-order valence-electron chi connectivity index (χ3n) is 2.81. The van der Waals surface area contributed by atoms with Crippen molar-refractivity contribution in [2.75, 3.05) is 6.79 Å². The van der Waals surface area contributed by atoms with Crippen LogP contribution in [0.5, 0.6) is 11.5 Å². The number of nitrogens with zero attached hydrogens (tertiary/aromatic N) is 1. The second-order valence-corrected chi connectivity index (χ2v) is 4.83. The average molecular weight is 339 g/mol. The lowest BCUT2D eigenvalue weighted by atomic mass is 10.1. The van der Waals surface area contributed by atoms with Crippen molar-refractivity contribution in [1.82, 2.24) is 10.2 Å². The summed E-state index contributed by atoms with van der Waals surface area (Å²) >= 11 is 3.33. The monoisotopic (exact) mass is 338 g/mol. The Bertz CT molecular complexity index is 725. The molecule has 1 aliphatic rings. The summed E-state index contributed by atoms with van der Waals surface area (Å²) in [4.78, 5) is 21.9. The number of hydrogen-bond acceptors (Lipinski definition) is 5. The van der Waals surface area contributed by atoms with Crippen LogP contribution < -0.4 is 9.47 Å². The minimum absolute atomic E-state index is 0.00413. The Morgan fingerprint density at radius 2 is 2.15 bits per heavy atom. The molecule has 0 saturated carbocycles. The number of nitrogens with one attached hydrogen (secondary N) is 1. The van der Waals surface area contributed by atoms with Gasteiger partial charge in [0.2, 0.25) is 6.79 Å². The molecule has 1 aliphatic heterocycles. The summed E-state index contributed by atoms with van der Waals surface area (Å²) in [6.07, 6.45) is 0.662. The largest absolute Gasteiger partial charge is 0.477 e. The molecule has 0 atom stereocenters. The third kappa shape index (κ3) is 1.85. The number of aldehydes is 1. The molecule has 0 radical (unpaired) electrons. The summed E-state index contributed by atoms with van der Waals surface area (Å²) in [5.74, 6) is -0.416. The maximum Gasteiger partial charge on any atom is 0.353 e. The van der Waals surface area contributed by atoms with E-state index in [0.717, 1.165) is 0 Å². The number of carboxylic acids is 1. The summed E-state index contributed by atoms with van der Waals surface area (Å²) in [6.45, 7) is -0.00413. The molecule has 0 unspecified atom stereocenters. The number of carbonyl (C=O) groups excluding carboxylic acids is 1. The minimum Gasteiger partial charge on any atom is -0.477 e. The zero-order valence-electron chi connectivity index (χ0n) is 9.84. The lowest BCUT2D eigenvalue weighted by molar-refractivity contribution is 0.0690. The molecule has 0 spiro atoms. The Kier molecular flexibility index (Phi) is 2.94. The van der Waals surface area contributed by atoms with Gasteiger partial charge < -0.3 is 14.6 Å². The number of fused-ring (bicyclic) bond motifs is 1. The van der Waals surface area contributed by atoms with E-state index >= 15 is 0 Å². The van der Waals surface area contributed by atoms with Gasteiger partial charge in [0.05, 0.1) is 16.8 Å². The number of aromatic amines is 1. The molecule has 7 nitrogen and oxygen atoms in total. The normalized spacial score (nSPS) is 12.4. The smallest absolute Gasteiger partial charge is 0.353 e. The number of rotatable bonds is 3. The highest BCUT2D eigenvalue weighted by molar-refractivity contribution is 9.10. The van der Waals surface area contributed by atoms with E-state index in [9.17, 15) is 9.59 Å². The molecule has 2 aromatic rings. The molecule has 3 rings (SSSR count). The molecule has 8 heteroatoms. The van der Waals surface area contributed by atoms with Crippen molar-refractivity contribution in [2.24, 2.45) is 0 Å². The number of aromatic nitrogens is 2. The Labute approximate surface area is 120 Å². The van der Waals surface area contributed by atoms with Gasteiger partial charge in [-0.05, 0) is 28.1 Å². The van der Waals surface area contributed by atoms with E-state index in [1.165, 1.54) is 6.07 Å². The maximum atomic E-state index is 11.0. The van der Waals surface area contributed by atoms with Gasteiger partial charge in [0.15, 0.2) is 17.8 Å². The number of halogens is 1. The van der Waals surface area contributed by atoms with Crippen molar-refractivity contribution < 1.29 is 24.2 Å². The van der Waals surface area contributed by atoms with Crippen LogP contribution in [0.25, 0.3) is 11.3 Å². The Balaban J connectivity index is 2.21. The van der Waals surface area contributed by atoms with Crippen molar-refractivity contribution in [1.29, 1.82) is 0 Å². The number of benzene rings is 1. The summed E-state index contributed by atoms with van der Waals surface area (Å²) < 4.78 is 11.2. The van der Waals surface area contributed by atoms with Crippen molar-refractivity contribution in [3.8, 4) is 22.8 Å². The van der Waals surface area contributed by atoms with E-state index < -0.39 is 5.97 Å². The van der Waals surface area contributed by atoms with Crippen LogP contribution in [-0.2, 0) is 0 Å². The van der Waals surface area contributed by atoms with E-state index in [4.69, 9.17) is 14.6 Å². The lowest BCUT2D eigenvalue weighted by Crippen LogP contribution is -1.95. The van der Waals surface area contributed by atoms with Gasteiger partial charge in [-0.3, -0.25) is 9.89 Å². The summed E-state index contributed by atoms with van der Waals surface area (Å²) in [7, 11) is 0. The van der Waals surface area contributed by atoms with Crippen LogP contribution in [-0.4, -0.2) is 34.4 Å². The number of ether oxygens (including phenoxy) is 2. The standard InChI is InChI=1S/C12H7BrN2O5/c13-6-1-5(3-16)10-11(20-4-19-10)9(6)7-2-8(12(17)18)15-14-7/h1-3H,4H2,(H,14,15)(H,17,18). The highest BCUT2D eigenvalue weighted by Crippen LogP contribution is 2.47. The average Bonchev–Trinajstić information content (AvgIpc) is 3.06. The highest BCUT2D eigenvalue weighted by atomic mass is 79.9. The zero-order chi connectivity index (χ0) is 14.3. The van der Waals surface area contributed by atoms with Crippen LogP contribution in [0.2, 0.25) is 0 Å². The van der Waals surface area contributed by atoms with E-state index in [-0.39, 0.29) is 12.5 Å². The van der Waals surface area contributed by atoms with Crippen molar-refractivity contribution in [3.05, 3.63) is 27.9 Å². The maximum absolute atomic E-state index is 11.0. The predicted molar refractivity (Wildman–Crippen MR) is 70.2 cm³/mol. The van der Waals surface area contributed by atoms with E-state index in [1.807, 2.05) is 0 Å². The van der Waals surface area contributed by atoms with Gasteiger partial charge in [-0.1, -0.05) is 0 Å². The van der Waals surface area contributed by atoms with Crippen molar-refractivity contribution in [2.45, 2.75) is 0 Å². The van der Waals surface area contributed by atoms with Crippen LogP contribution in [0.4, 0.5) is 0 Å². The molecule has 0 aliphatic carbocycles. The van der Waals surface area contributed by atoms with Gasteiger partial charge in [-0.2, -0.15) is 5.10 Å². The zero-order valence-corrected chi connectivity index (χ0v) is 11.4. The molecular formula is C12H7BrN2O5. The molecule has 102 valence electrons. The summed E-state index contributed by atoms with van der Waals surface area (Å²) in [5, 5.41) is 15.3. The van der Waals surface area contributed by atoms with Crippen molar-refractivity contribution in [3.63, 3.8) is 0 Å². The van der Waals surface area contributed by atoms with Crippen LogP contribution in [0.3, 0.4) is 0 Å². The van der Waals surface area contributed by atoms with E-state index in [1.54, 1.807) is 6.07 Å². The van der Waals surface area contributed by atoms with Gasteiger partial charge in [-0.25, -0.2) is 4.79 Å². The molecule has 2 heterocycles. The Hall–Kier alpha value is -2.35. The first-order valence-corrected chi connectivity index (χ1v) is 6.27. The van der Waals surface area contributed by atoms with Gasteiger partial charge in [-0.15, -0.1) is 0 Å². The second kappa shape index (κ2) is 4.64. The number of carbonyl (C=O) groups is 2. The Morgan fingerprint density at radius 1 is 1.40 bits per heavy atom. The molecule has 1 aromatic heterocycles. The van der Waals surface area contributed by atoms with E-state index in [0.29, 0.717) is 39.1 Å². The summed E-state index contributed by atoms with van der Waals surface area (Å²) in [5.41, 5.74) is 1.22. The molecular weight excluding hydrogens is 332 g/mol. The van der Waals surface area contributed by atoms with Gasteiger partial charge >= 0.3 is 5.97 Å². The number of carboxylic acid groups (broad SMARTS) is 1. The fourth-order valence-corrected chi connectivity index (χ4v) is 2.58. The van der Waals surface area contributed by atoms with E-state index in [2.05, 4.69) is 26.1 Å². The van der Waals surface area contributed by atoms with Gasteiger partial charge in [0, 0.05) is 4.47 Å². The fourth-order valence-electron chi connectivity index (χ4n) is 1.95. The van der Waals surface area contributed by atoms with Crippen LogP contribution in [0.15, 0.2) is 16.6 Å². The summed E-state index contributed by atoms with van der Waals surface area (Å²) in [6, 6.07) is 2.95. The molecule has 2 N–H and O–H groups in total. The van der Waals surface area contributed by atoms with Crippen LogP contribution in [0.1, 0.15) is 20.8 Å². The number of H-pyrrole nitrogens is 1. The lowest BCUT2D eigenvalue weighted by Gasteiger charge is -2.07. The first kappa shape index (κ1) is 12.7. The minimum atomic E-state index is -1.11. The first-order chi connectivity index (χ1) is 9.61.